The van der Waals surface area contributed by atoms with Crippen molar-refractivity contribution in [2.45, 2.75) is 19.9 Å². The van der Waals surface area contributed by atoms with E-state index in [4.69, 9.17) is 9.47 Å². The number of nitrogens with one attached hydrogen (secondary N) is 1. The lowest BCUT2D eigenvalue weighted by atomic mass is 10.1. The molecule has 198 valence electrons. The van der Waals surface area contributed by atoms with E-state index in [0.29, 0.717) is 44.8 Å². The molecule has 38 heavy (non-hydrogen) atoms. The van der Waals surface area contributed by atoms with Crippen LogP contribution >= 0.6 is 0 Å². The van der Waals surface area contributed by atoms with Crippen LogP contribution in [0.25, 0.3) is 10.9 Å². The Hall–Kier alpha value is -4.10. The van der Waals surface area contributed by atoms with Crippen molar-refractivity contribution in [3.05, 3.63) is 102 Å². The quantitative estimate of drug-likeness (QED) is 0.275. The highest BCUT2D eigenvalue weighted by atomic mass is 16.5. The molecule has 0 saturated carbocycles. The first kappa shape index (κ1) is 26.9. The van der Waals surface area contributed by atoms with Gasteiger partial charge < -0.3 is 24.3 Å². The zero-order chi connectivity index (χ0) is 26.7. The van der Waals surface area contributed by atoms with E-state index in [1.165, 1.54) is 0 Å². The van der Waals surface area contributed by atoms with E-state index in [2.05, 4.69) is 11.1 Å². The number of hydrogen-bond donors (Lipinski definition) is 1. The summed E-state index contributed by atoms with van der Waals surface area (Å²) in [6, 6.07) is 25.0. The largest absolute Gasteiger partial charge is 0.494 e. The summed E-state index contributed by atoms with van der Waals surface area (Å²) in [5.41, 5.74) is 3.78. The number of aromatic amines is 1. The Balaban J connectivity index is 1.53. The molecule has 7 nitrogen and oxygen atoms in total. The molecule has 1 aromatic heterocycles. The van der Waals surface area contributed by atoms with Crippen LogP contribution in [0.1, 0.15) is 28.4 Å². The normalized spacial score (nSPS) is 10.9. The Morgan fingerprint density at radius 1 is 0.868 bits per heavy atom. The van der Waals surface area contributed by atoms with Crippen LogP contribution in [0, 0.1) is 0 Å². The number of aromatic nitrogens is 1. The SMILES string of the molecule is CCOc1ccc(CN(CCc2c[nH]c3ccccc23)C(=O)CN(CCOC)C(=O)c2ccccc2)cc1. The van der Waals surface area contributed by atoms with Gasteiger partial charge in [-0.15, -0.1) is 0 Å². The Morgan fingerprint density at radius 2 is 1.61 bits per heavy atom. The lowest BCUT2D eigenvalue weighted by molar-refractivity contribution is -0.132. The number of carbonyl (C=O) groups excluding carboxylic acids is 2. The number of hydrogen-bond acceptors (Lipinski definition) is 4. The van der Waals surface area contributed by atoms with E-state index < -0.39 is 0 Å². The lowest BCUT2D eigenvalue weighted by Gasteiger charge is -2.28. The molecule has 0 saturated heterocycles. The minimum absolute atomic E-state index is 0.0258. The minimum atomic E-state index is -0.186. The smallest absolute Gasteiger partial charge is 0.254 e. The topological polar surface area (TPSA) is 74.9 Å². The second kappa shape index (κ2) is 13.4. The fourth-order valence-corrected chi connectivity index (χ4v) is 4.44. The van der Waals surface area contributed by atoms with Crippen LogP contribution < -0.4 is 4.74 Å². The number of amides is 2. The maximum Gasteiger partial charge on any atom is 0.254 e. The van der Waals surface area contributed by atoms with Crippen LogP contribution in [0.4, 0.5) is 0 Å². The summed E-state index contributed by atoms with van der Waals surface area (Å²) in [4.78, 5) is 33.7. The summed E-state index contributed by atoms with van der Waals surface area (Å²) in [6.07, 6.45) is 2.70. The van der Waals surface area contributed by atoms with Crippen LogP contribution in [0.3, 0.4) is 0 Å². The molecule has 0 unspecified atom stereocenters. The average Bonchev–Trinajstić information content (AvgIpc) is 3.37. The average molecular weight is 514 g/mol. The van der Waals surface area contributed by atoms with Gasteiger partial charge in [0.05, 0.1) is 13.2 Å². The van der Waals surface area contributed by atoms with Gasteiger partial charge in [0.2, 0.25) is 5.91 Å². The van der Waals surface area contributed by atoms with Crippen molar-refractivity contribution in [2.24, 2.45) is 0 Å². The third-order valence-corrected chi connectivity index (χ3v) is 6.49. The summed E-state index contributed by atoms with van der Waals surface area (Å²) in [7, 11) is 1.59. The van der Waals surface area contributed by atoms with Gasteiger partial charge in [0, 0.05) is 49.4 Å². The first-order valence-electron chi connectivity index (χ1n) is 13.0. The Morgan fingerprint density at radius 3 is 2.34 bits per heavy atom. The Bertz CT molecular complexity index is 1320. The van der Waals surface area contributed by atoms with Crippen LogP contribution in [-0.4, -0.2) is 66.6 Å². The van der Waals surface area contributed by atoms with E-state index in [1.54, 1.807) is 24.1 Å². The maximum absolute atomic E-state index is 13.7. The number of fused-ring (bicyclic) bond motifs is 1. The van der Waals surface area contributed by atoms with Crippen molar-refractivity contribution >= 4 is 22.7 Å². The number of ether oxygens (including phenoxy) is 2. The van der Waals surface area contributed by atoms with Crippen molar-refractivity contribution in [2.75, 3.05) is 40.0 Å². The van der Waals surface area contributed by atoms with Crippen molar-refractivity contribution < 1.29 is 19.1 Å². The highest BCUT2D eigenvalue weighted by Gasteiger charge is 2.23. The molecule has 0 atom stereocenters. The van der Waals surface area contributed by atoms with E-state index in [0.717, 1.165) is 27.8 Å². The predicted molar refractivity (Wildman–Crippen MR) is 149 cm³/mol. The molecule has 7 heteroatoms. The Labute approximate surface area is 224 Å². The number of nitrogens with zero attached hydrogens (tertiary/aromatic N) is 2. The molecule has 1 heterocycles. The number of para-hydroxylation sites is 1. The van der Waals surface area contributed by atoms with Gasteiger partial charge >= 0.3 is 0 Å². The van der Waals surface area contributed by atoms with Crippen LogP contribution in [-0.2, 0) is 22.5 Å². The maximum atomic E-state index is 13.7. The number of benzene rings is 3. The number of methoxy groups -OCH3 is 1. The van der Waals surface area contributed by atoms with Crippen molar-refractivity contribution in [1.29, 1.82) is 0 Å². The van der Waals surface area contributed by atoms with Crippen LogP contribution in [0.5, 0.6) is 5.75 Å². The third-order valence-electron chi connectivity index (χ3n) is 6.49. The molecule has 0 bridgehead atoms. The molecule has 0 aliphatic rings. The van der Waals surface area contributed by atoms with E-state index in [1.807, 2.05) is 78.7 Å². The van der Waals surface area contributed by atoms with Gasteiger partial charge in [-0.25, -0.2) is 0 Å². The highest BCUT2D eigenvalue weighted by Crippen LogP contribution is 2.20. The van der Waals surface area contributed by atoms with Crippen LogP contribution in [0.2, 0.25) is 0 Å². The highest BCUT2D eigenvalue weighted by molar-refractivity contribution is 5.96. The van der Waals surface area contributed by atoms with Gasteiger partial charge in [0.15, 0.2) is 0 Å². The van der Waals surface area contributed by atoms with E-state index in [9.17, 15) is 9.59 Å². The molecular formula is C31H35N3O4. The van der Waals surface area contributed by atoms with Gasteiger partial charge in [-0.1, -0.05) is 48.5 Å². The fraction of sp³-hybridized carbons (Fsp3) is 0.290. The molecule has 0 spiro atoms. The fourth-order valence-electron chi connectivity index (χ4n) is 4.44. The van der Waals surface area contributed by atoms with Crippen molar-refractivity contribution in [1.82, 2.24) is 14.8 Å². The standard InChI is InChI=1S/C31H35N3O4/c1-3-38-27-15-13-24(14-16-27)22-33(18-17-26-21-32-29-12-8-7-11-28(26)29)30(35)23-34(19-20-37-2)31(36)25-9-5-4-6-10-25/h4-16,21,32H,3,17-20,22-23H2,1-2H3. The second-order valence-electron chi connectivity index (χ2n) is 9.09. The van der Waals surface area contributed by atoms with Gasteiger partial charge in [-0.3, -0.25) is 9.59 Å². The minimum Gasteiger partial charge on any atom is -0.494 e. The molecule has 0 aliphatic heterocycles. The third kappa shape index (κ3) is 7.01. The molecule has 3 aromatic carbocycles. The first-order valence-corrected chi connectivity index (χ1v) is 13.0. The molecule has 4 rings (SSSR count). The van der Waals surface area contributed by atoms with Crippen LogP contribution in [0.15, 0.2) is 85.1 Å². The number of carbonyl (C=O) groups is 2. The van der Waals surface area contributed by atoms with Gasteiger partial charge in [0.25, 0.3) is 5.91 Å². The van der Waals surface area contributed by atoms with Crippen molar-refractivity contribution in [3.63, 3.8) is 0 Å². The molecule has 0 aliphatic carbocycles. The number of rotatable bonds is 13. The van der Waals surface area contributed by atoms with Crippen molar-refractivity contribution in [3.8, 4) is 5.75 Å². The molecule has 2 amide bonds. The van der Waals surface area contributed by atoms with E-state index >= 15 is 0 Å². The van der Waals surface area contributed by atoms with Gasteiger partial charge in [0.1, 0.15) is 12.3 Å². The summed E-state index contributed by atoms with van der Waals surface area (Å²) < 4.78 is 10.8. The number of H-pyrrole nitrogens is 1. The summed E-state index contributed by atoms with van der Waals surface area (Å²) in [6.45, 7) is 4.15. The second-order valence-corrected chi connectivity index (χ2v) is 9.09. The Kier molecular flexibility index (Phi) is 9.54. The molecule has 0 radical (unpaired) electrons. The predicted octanol–water partition coefficient (Wildman–Crippen LogP) is 4.93. The van der Waals surface area contributed by atoms with Gasteiger partial charge in [-0.05, 0) is 54.8 Å². The monoisotopic (exact) mass is 513 g/mol. The first-order chi connectivity index (χ1) is 18.6. The summed E-state index contributed by atoms with van der Waals surface area (Å²) in [5, 5.41) is 1.15. The summed E-state index contributed by atoms with van der Waals surface area (Å²) in [5.74, 6) is 0.500. The molecule has 1 N–H and O–H groups in total. The lowest BCUT2D eigenvalue weighted by Crippen LogP contribution is -2.44. The zero-order valence-electron chi connectivity index (χ0n) is 22.1. The summed E-state index contributed by atoms with van der Waals surface area (Å²) >= 11 is 0. The zero-order valence-corrected chi connectivity index (χ0v) is 22.1. The molecule has 4 aromatic rings. The van der Waals surface area contributed by atoms with E-state index in [-0.39, 0.29) is 18.4 Å². The molecule has 0 fully saturated rings. The van der Waals surface area contributed by atoms with Gasteiger partial charge in [-0.2, -0.15) is 0 Å². The molecular weight excluding hydrogens is 478 g/mol.